The molecule has 0 bridgehead atoms. The molecule has 3 heteroatoms. The molecular formula is C13H25NO2. The van der Waals surface area contributed by atoms with Gasteiger partial charge in [-0.25, -0.2) is 0 Å². The van der Waals surface area contributed by atoms with Crippen molar-refractivity contribution in [3.05, 3.63) is 0 Å². The van der Waals surface area contributed by atoms with E-state index in [0.717, 1.165) is 19.5 Å². The van der Waals surface area contributed by atoms with E-state index in [1.807, 2.05) is 13.8 Å². The maximum atomic E-state index is 11.5. The van der Waals surface area contributed by atoms with Gasteiger partial charge in [0.2, 0.25) is 0 Å². The highest BCUT2D eigenvalue weighted by atomic mass is 16.4. The fraction of sp³-hybridized carbons (Fsp3) is 0.923. The fourth-order valence-electron chi connectivity index (χ4n) is 2.92. The quantitative estimate of drug-likeness (QED) is 0.785. The van der Waals surface area contributed by atoms with Crippen molar-refractivity contribution in [3.8, 4) is 0 Å². The van der Waals surface area contributed by atoms with Gasteiger partial charge in [-0.15, -0.1) is 0 Å². The van der Waals surface area contributed by atoms with Crippen LogP contribution in [0.1, 0.15) is 52.9 Å². The first-order chi connectivity index (χ1) is 7.60. The molecule has 1 N–H and O–H groups in total. The summed E-state index contributed by atoms with van der Waals surface area (Å²) in [4.78, 5) is 13.8. The second-order valence-corrected chi connectivity index (χ2v) is 4.91. The van der Waals surface area contributed by atoms with Crippen LogP contribution in [-0.2, 0) is 4.79 Å². The molecule has 1 aliphatic heterocycles. The van der Waals surface area contributed by atoms with Crippen molar-refractivity contribution in [3.63, 3.8) is 0 Å². The predicted octanol–water partition coefficient (Wildman–Crippen LogP) is 2.75. The van der Waals surface area contributed by atoms with Gasteiger partial charge in [0.1, 0.15) is 5.54 Å². The van der Waals surface area contributed by atoms with Crippen LogP contribution in [0.3, 0.4) is 0 Å². The van der Waals surface area contributed by atoms with Crippen molar-refractivity contribution in [2.45, 2.75) is 58.4 Å². The van der Waals surface area contributed by atoms with Crippen LogP contribution in [0.2, 0.25) is 0 Å². The zero-order chi connectivity index (χ0) is 12.2. The Kier molecular flexibility index (Phi) is 4.78. The van der Waals surface area contributed by atoms with Crippen LogP contribution in [-0.4, -0.2) is 34.6 Å². The molecule has 3 nitrogen and oxygen atoms in total. The smallest absolute Gasteiger partial charge is 0.324 e. The van der Waals surface area contributed by atoms with Gasteiger partial charge in [-0.2, -0.15) is 0 Å². The van der Waals surface area contributed by atoms with Crippen LogP contribution < -0.4 is 0 Å². The molecule has 1 unspecified atom stereocenters. The number of nitrogens with zero attached hydrogens (tertiary/aromatic N) is 1. The highest BCUT2D eigenvalue weighted by Crippen LogP contribution is 2.30. The van der Waals surface area contributed by atoms with Crippen LogP contribution in [0.5, 0.6) is 0 Å². The summed E-state index contributed by atoms with van der Waals surface area (Å²) in [5.74, 6) is 0.0415. The number of carboxylic acid groups (broad SMARTS) is 1. The number of likely N-dealkylation sites (tertiary alicyclic amines) is 1. The lowest BCUT2D eigenvalue weighted by Crippen LogP contribution is -2.57. The Bertz CT molecular complexity index is 236. The van der Waals surface area contributed by atoms with Crippen LogP contribution in [0, 0.1) is 5.92 Å². The second-order valence-electron chi connectivity index (χ2n) is 4.91. The molecule has 0 aliphatic carbocycles. The van der Waals surface area contributed by atoms with E-state index in [2.05, 4.69) is 11.8 Å². The lowest BCUT2D eigenvalue weighted by atomic mass is 9.85. The lowest BCUT2D eigenvalue weighted by Gasteiger charge is -2.44. The number of carbonyl (C=O) groups is 1. The van der Waals surface area contributed by atoms with Crippen LogP contribution in [0.15, 0.2) is 0 Å². The van der Waals surface area contributed by atoms with Gasteiger partial charge in [0.15, 0.2) is 0 Å². The van der Waals surface area contributed by atoms with Crippen molar-refractivity contribution >= 4 is 5.97 Å². The molecule has 0 aromatic carbocycles. The molecule has 1 aliphatic rings. The number of rotatable bonds is 5. The molecule has 94 valence electrons. The van der Waals surface area contributed by atoms with Crippen molar-refractivity contribution in [1.82, 2.24) is 4.90 Å². The predicted molar refractivity (Wildman–Crippen MR) is 65.5 cm³/mol. The topological polar surface area (TPSA) is 40.5 Å². The van der Waals surface area contributed by atoms with Crippen LogP contribution in [0.4, 0.5) is 0 Å². The normalized spacial score (nSPS) is 23.3. The molecule has 0 spiro atoms. The Morgan fingerprint density at radius 3 is 2.44 bits per heavy atom. The number of hydrogen-bond acceptors (Lipinski definition) is 2. The summed E-state index contributed by atoms with van der Waals surface area (Å²) < 4.78 is 0. The zero-order valence-electron chi connectivity index (χ0n) is 10.8. The molecule has 1 saturated heterocycles. The molecular weight excluding hydrogens is 202 g/mol. The lowest BCUT2D eigenvalue weighted by molar-refractivity contribution is -0.154. The Balaban J connectivity index is 2.81. The monoisotopic (exact) mass is 227 g/mol. The molecule has 1 fully saturated rings. The van der Waals surface area contributed by atoms with Crippen molar-refractivity contribution in [2.75, 3.05) is 13.1 Å². The fourth-order valence-corrected chi connectivity index (χ4v) is 2.92. The van der Waals surface area contributed by atoms with E-state index >= 15 is 0 Å². The van der Waals surface area contributed by atoms with E-state index in [1.54, 1.807) is 0 Å². The van der Waals surface area contributed by atoms with Gasteiger partial charge in [-0.3, -0.25) is 9.69 Å². The van der Waals surface area contributed by atoms with Gasteiger partial charge >= 0.3 is 5.97 Å². The number of carboxylic acids is 1. The molecule has 1 rings (SSSR count). The van der Waals surface area contributed by atoms with Crippen molar-refractivity contribution in [2.24, 2.45) is 5.92 Å². The number of piperidine rings is 1. The summed E-state index contributed by atoms with van der Waals surface area (Å²) in [5.41, 5.74) is -0.617. The first kappa shape index (κ1) is 13.5. The van der Waals surface area contributed by atoms with E-state index in [4.69, 9.17) is 0 Å². The minimum absolute atomic E-state index is 0.617. The largest absolute Gasteiger partial charge is 0.480 e. The van der Waals surface area contributed by atoms with Crippen LogP contribution in [0.25, 0.3) is 0 Å². The average molecular weight is 227 g/mol. The van der Waals surface area contributed by atoms with Crippen molar-refractivity contribution < 1.29 is 9.90 Å². The molecule has 0 saturated carbocycles. The maximum Gasteiger partial charge on any atom is 0.324 e. The third-order valence-electron chi connectivity index (χ3n) is 4.27. The Labute approximate surface area is 98.8 Å². The molecule has 0 radical (unpaired) electrons. The molecule has 0 aromatic heterocycles. The van der Waals surface area contributed by atoms with Crippen molar-refractivity contribution in [1.29, 1.82) is 0 Å². The molecule has 0 aromatic rings. The number of aliphatic carboxylic acids is 1. The summed E-state index contributed by atoms with van der Waals surface area (Å²) in [6.07, 6.45) is 4.98. The highest BCUT2D eigenvalue weighted by molar-refractivity contribution is 5.78. The average Bonchev–Trinajstić information content (AvgIpc) is 2.31. The summed E-state index contributed by atoms with van der Waals surface area (Å²) in [6.45, 7) is 8.10. The highest BCUT2D eigenvalue weighted by Gasteiger charge is 2.42. The molecule has 1 heterocycles. The van der Waals surface area contributed by atoms with Crippen LogP contribution >= 0.6 is 0 Å². The molecule has 1 atom stereocenters. The van der Waals surface area contributed by atoms with E-state index in [-0.39, 0.29) is 0 Å². The summed E-state index contributed by atoms with van der Waals surface area (Å²) in [7, 11) is 0. The first-order valence-corrected chi connectivity index (χ1v) is 6.59. The van der Waals surface area contributed by atoms with Gasteiger partial charge in [0.05, 0.1) is 0 Å². The van der Waals surface area contributed by atoms with E-state index in [1.165, 1.54) is 12.8 Å². The summed E-state index contributed by atoms with van der Waals surface area (Å²) in [6, 6.07) is 0. The van der Waals surface area contributed by atoms with Gasteiger partial charge in [0.25, 0.3) is 0 Å². The van der Waals surface area contributed by atoms with E-state index in [0.29, 0.717) is 18.8 Å². The minimum atomic E-state index is -0.644. The Morgan fingerprint density at radius 1 is 1.38 bits per heavy atom. The maximum absolute atomic E-state index is 11.5. The van der Waals surface area contributed by atoms with E-state index in [9.17, 15) is 9.90 Å². The number of hydrogen-bond donors (Lipinski definition) is 1. The molecule has 16 heavy (non-hydrogen) atoms. The summed E-state index contributed by atoms with van der Waals surface area (Å²) >= 11 is 0. The summed E-state index contributed by atoms with van der Waals surface area (Å²) in [5, 5.41) is 9.49. The standard InChI is InChI=1S/C13H25NO2/c1-4-11-8-7-9-14(10-11)13(5-2,6-3)12(15)16/h11H,4-10H2,1-3H3,(H,15,16). The Morgan fingerprint density at radius 2 is 2.00 bits per heavy atom. The second kappa shape index (κ2) is 5.67. The zero-order valence-corrected chi connectivity index (χ0v) is 10.8. The van der Waals surface area contributed by atoms with E-state index < -0.39 is 11.5 Å². The van der Waals surface area contributed by atoms with Gasteiger partial charge < -0.3 is 5.11 Å². The third-order valence-corrected chi connectivity index (χ3v) is 4.27. The van der Waals surface area contributed by atoms with Gasteiger partial charge in [-0.1, -0.05) is 27.2 Å². The minimum Gasteiger partial charge on any atom is -0.480 e. The van der Waals surface area contributed by atoms with Gasteiger partial charge in [0, 0.05) is 6.54 Å². The molecule has 0 amide bonds. The Hall–Kier alpha value is -0.570. The van der Waals surface area contributed by atoms with Gasteiger partial charge in [-0.05, 0) is 38.1 Å². The first-order valence-electron chi connectivity index (χ1n) is 6.59. The SMILES string of the molecule is CCC1CCCN(C(CC)(CC)C(=O)O)C1. The third kappa shape index (κ3) is 2.40.